The Morgan fingerprint density at radius 1 is 1.15 bits per heavy atom. The Kier molecular flexibility index (Phi) is 4.14. The van der Waals surface area contributed by atoms with Crippen molar-refractivity contribution < 1.29 is 14.0 Å². The summed E-state index contributed by atoms with van der Waals surface area (Å²) in [7, 11) is 0. The second-order valence-electron chi connectivity index (χ2n) is 6.91. The van der Waals surface area contributed by atoms with E-state index in [-0.39, 0.29) is 35.5 Å². The Morgan fingerprint density at radius 2 is 2.00 bits per heavy atom. The minimum atomic E-state index is -0.319. The molecule has 3 heterocycles. The van der Waals surface area contributed by atoms with E-state index < -0.39 is 0 Å². The summed E-state index contributed by atoms with van der Waals surface area (Å²) >= 11 is 0. The fraction of sp³-hybridized carbons (Fsp3) is 0.368. The molecule has 6 nitrogen and oxygen atoms in total. The lowest BCUT2D eigenvalue weighted by molar-refractivity contribution is -0.130. The van der Waals surface area contributed by atoms with Crippen molar-refractivity contribution in [2.45, 2.75) is 13.0 Å². The van der Waals surface area contributed by atoms with E-state index >= 15 is 0 Å². The van der Waals surface area contributed by atoms with Gasteiger partial charge in [0.2, 0.25) is 5.91 Å². The van der Waals surface area contributed by atoms with Gasteiger partial charge in [0.05, 0.1) is 6.04 Å². The van der Waals surface area contributed by atoms with Gasteiger partial charge >= 0.3 is 0 Å². The second kappa shape index (κ2) is 6.48. The molecule has 3 atom stereocenters. The fourth-order valence-electron chi connectivity index (χ4n) is 4.23. The van der Waals surface area contributed by atoms with Crippen molar-refractivity contribution in [1.29, 1.82) is 0 Å². The Morgan fingerprint density at radius 3 is 2.69 bits per heavy atom. The van der Waals surface area contributed by atoms with E-state index in [0.29, 0.717) is 25.3 Å². The standard InChI is InChI=1S/C19H19FN4O2/c1-12(25)24-10-14-9-23(19(26)17-6-3-7-21-22-17)11-16(14)18(24)13-4-2-5-15(20)8-13/h2-8,14,16,18H,9-11H2,1H3/t14-,16-,18-/m1/s1. The van der Waals surface area contributed by atoms with Crippen molar-refractivity contribution in [3.8, 4) is 0 Å². The van der Waals surface area contributed by atoms with Crippen LogP contribution in [-0.2, 0) is 4.79 Å². The highest BCUT2D eigenvalue weighted by atomic mass is 19.1. The maximum Gasteiger partial charge on any atom is 0.274 e. The first-order chi connectivity index (χ1) is 12.5. The smallest absolute Gasteiger partial charge is 0.274 e. The monoisotopic (exact) mass is 354 g/mol. The van der Waals surface area contributed by atoms with Crippen molar-refractivity contribution in [1.82, 2.24) is 20.0 Å². The molecule has 2 amide bonds. The van der Waals surface area contributed by atoms with Crippen LogP contribution in [0.2, 0.25) is 0 Å². The van der Waals surface area contributed by atoms with Crippen molar-refractivity contribution >= 4 is 11.8 Å². The molecule has 7 heteroatoms. The third-order valence-electron chi connectivity index (χ3n) is 5.34. The summed E-state index contributed by atoms with van der Waals surface area (Å²) in [4.78, 5) is 28.4. The largest absolute Gasteiger partial charge is 0.337 e. The molecule has 134 valence electrons. The zero-order chi connectivity index (χ0) is 18.3. The van der Waals surface area contributed by atoms with Crippen LogP contribution in [-0.4, -0.2) is 51.4 Å². The number of amides is 2. The van der Waals surface area contributed by atoms with Crippen molar-refractivity contribution in [2.24, 2.45) is 11.8 Å². The molecule has 0 bridgehead atoms. The molecule has 0 radical (unpaired) electrons. The quantitative estimate of drug-likeness (QED) is 0.826. The predicted octanol–water partition coefficient (Wildman–Crippen LogP) is 1.91. The average molecular weight is 354 g/mol. The molecule has 26 heavy (non-hydrogen) atoms. The molecule has 0 unspecified atom stereocenters. The Hall–Kier alpha value is -2.83. The van der Waals surface area contributed by atoms with Crippen LogP contribution < -0.4 is 0 Å². The van der Waals surface area contributed by atoms with E-state index in [4.69, 9.17) is 0 Å². The SMILES string of the molecule is CC(=O)N1C[C@H]2CN(C(=O)c3cccnn3)C[C@H]2[C@H]1c1cccc(F)c1. The number of hydrogen-bond donors (Lipinski definition) is 0. The minimum absolute atomic E-state index is 0.0273. The minimum Gasteiger partial charge on any atom is -0.337 e. The molecule has 0 spiro atoms. The Balaban J connectivity index is 1.60. The van der Waals surface area contributed by atoms with Crippen molar-refractivity contribution in [2.75, 3.05) is 19.6 Å². The molecule has 4 rings (SSSR count). The molecule has 1 aromatic heterocycles. The van der Waals surface area contributed by atoms with E-state index in [9.17, 15) is 14.0 Å². The summed E-state index contributed by atoms with van der Waals surface area (Å²) in [6.07, 6.45) is 1.53. The molecule has 2 aromatic rings. The highest BCUT2D eigenvalue weighted by molar-refractivity contribution is 5.92. The first-order valence-corrected chi connectivity index (χ1v) is 8.64. The van der Waals surface area contributed by atoms with Crippen LogP contribution >= 0.6 is 0 Å². The van der Waals surface area contributed by atoms with Crippen LogP contribution in [0.15, 0.2) is 42.6 Å². The van der Waals surface area contributed by atoms with E-state index in [0.717, 1.165) is 5.56 Å². The molecule has 1 aromatic carbocycles. The summed E-state index contributed by atoms with van der Waals surface area (Å²) < 4.78 is 13.7. The summed E-state index contributed by atoms with van der Waals surface area (Å²) in [5.74, 6) is -0.241. The Labute approximate surface area is 150 Å². The van der Waals surface area contributed by atoms with Gasteiger partial charge in [-0.2, -0.15) is 5.10 Å². The zero-order valence-corrected chi connectivity index (χ0v) is 14.4. The van der Waals surface area contributed by atoms with Crippen LogP contribution in [0.3, 0.4) is 0 Å². The second-order valence-corrected chi connectivity index (χ2v) is 6.91. The average Bonchev–Trinajstić information content (AvgIpc) is 3.19. The van der Waals surface area contributed by atoms with Crippen molar-refractivity contribution in [3.63, 3.8) is 0 Å². The molecule has 0 saturated carbocycles. The number of halogens is 1. The normalized spacial score (nSPS) is 24.6. The fourth-order valence-corrected chi connectivity index (χ4v) is 4.23. The number of likely N-dealkylation sites (tertiary alicyclic amines) is 2. The maximum absolute atomic E-state index is 13.7. The van der Waals surface area contributed by atoms with Gasteiger partial charge < -0.3 is 9.80 Å². The third-order valence-corrected chi connectivity index (χ3v) is 5.34. The van der Waals surface area contributed by atoms with Gasteiger partial charge in [-0.1, -0.05) is 12.1 Å². The molecule has 2 saturated heterocycles. The first-order valence-electron chi connectivity index (χ1n) is 8.64. The molecule has 2 aliphatic heterocycles. The van der Waals surface area contributed by atoms with Gasteiger partial charge in [-0.3, -0.25) is 9.59 Å². The number of aromatic nitrogens is 2. The predicted molar refractivity (Wildman–Crippen MR) is 91.4 cm³/mol. The van der Waals surface area contributed by atoms with Gasteiger partial charge in [0.25, 0.3) is 5.91 Å². The summed E-state index contributed by atoms with van der Waals surface area (Å²) in [5.41, 5.74) is 1.10. The zero-order valence-electron chi connectivity index (χ0n) is 14.4. The van der Waals surface area contributed by atoms with E-state index in [1.807, 2.05) is 6.07 Å². The number of fused-ring (bicyclic) bond motifs is 1. The van der Waals surface area contributed by atoms with Crippen LogP contribution in [0.5, 0.6) is 0 Å². The van der Waals surface area contributed by atoms with Gasteiger partial charge in [0.1, 0.15) is 5.82 Å². The summed E-state index contributed by atoms with van der Waals surface area (Å²) in [6, 6.07) is 9.50. The van der Waals surface area contributed by atoms with Crippen LogP contribution in [0, 0.1) is 17.7 Å². The van der Waals surface area contributed by atoms with Gasteiger partial charge in [-0.15, -0.1) is 5.10 Å². The summed E-state index contributed by atoms with van der Waals surface area (Å²) in [6.45, 7) is 3.20. The highest BCUT2D eigenvalue weighted by Gasteiger charge is 2.49. The molecule has 2 aliphatic rings. The van der Waals surface area contributed by atoms with E-state index in [1.165, 1.54) is 25.3 Å². The lowest BCUT2D eigenvalue weighted by Crippen LogP contribution is -2.36. The van der Waals surface area contributed by atoms with Crippen molar-refractivity contribution in [3.05, 3.63) is 59.7 Å². The Bertz CT molecular complexity index is 844. The number of hydrogen-bond acceptors (Lipinski definition) is 4. The number of nitrogens with zero attached hydrogens (tertiary/aromatic N) is 4. The van der Waals surface area contributed by atoms with Gasteiger partial charge in [-0.05, 0) is 29.8 Å². The third kappa shape index (κ3) is 2.83. The molecular weight excluding hydrogens is 335 g/mol. The van der Waals surface area contributed by atoms with Crippen LogP contribution in [0.1, 0.15) is 29.0 Å². The number of carbonyl (C=O) groups excluding carboxylic acids is 2. The maximum atomic E-state index is 13.7. The van der Waals surface area contributed by atoms with Gasteiger partial charge in [-0.25, -0.2) is 4.39 Å². The van der Waals surface area contributed by atoms with Gasteiger partial charge in [0.15, 0.2) is 5.69 Å². The number of carbonyl (C=O) groups is 2. The highest BCUT2D eigenvalue weighted by Crippen LogP contribution is 2.45. The van der Waals surface area contributed by atoms with E-state index in [1.54, 1.807) is 28.0 Å². The molecule has 0 aliphatic carbocycles. The number of benzene rings is 1. The van der Waals surface area contributed by atoms with Gasteiger partial charge in [0, 0.05) is 44.6 Å². The lowest BCUT2D eigenvalue weighted by atomic mass is 9.89. The van der Waals surface area contributed by atoms with Crippen LogP contribution in [0.4, 0.5) is 4.39 Å². The topological polar surface area (TPSA) is 66.4 Å². The molecule has 2 fully saturated rings. The molecule has 0 N–H and O–H groups in total. The summed E-state index contributed by atoms with van der Waals surface area (Å²) in [5, 5.41) is 7.66. The van der Waals surface area contributed by atoms with E-state index in [2.05, 4.69) is 10.2 Å². The van der Waals surface area contributed by atoms with Crippen LogP contribution in [0.25, 0.3) is 0 Å². The lowest BCUT2D eigenvalue weighted by Gasteiger charge is -2.29. The first kappa shape index (κ1) is 16.6. The molecular formula is C19H19FN4O2. The number of rotatable bonds is 2.